The minimum absolute atomic E-state index is 0.0294. The number of nitrogens with zero attached hydrogens (tertiary/aromatic N) is 3. The first-order valence-electron chi connectivity index (χ1n) is 7.23. The van der Waals surface area contributed by atoms with E-state index in [1.807, 2.05) is 24.3 Å². The highest BCUT2D eigenvalue weighted by Gasteiger charge is 2.61. The molecule has 118 valence electrons. The number of anilines is 1. The predicted octanol–water partition coefficient (Wildman–Crippen LogP) is 3.37. The molecule has 1 fully saturated rings. The van der Waals surface area contributed by atoms with Crippen molar-refractivity contribution < 1.29 is 9.53 Å². The van der Waals surface area contributed by atoms with Crippen LogP contribution in [0.2, 0.25) is 10.4 Å². The number of aromatic nitrogens is 2. The van der Waals surface area contributed by atoms with E-state index in [2.05, 4.69) is 9.97 Å². The van der Waals surface area contributed by atoms with Gasteiger partial charge >= 0.3 is 0 Å². The summed E-state index contributed by atoms with van der Waals surface area (Å²) in [4.78, 5) is 22.8. The number of amides is 1. The Morgan fingerprint density at radius 3 is 2.52 bits per heavy atom. The predicted molar refractivity (Wildman–Crippen MR) is 87.1 cm³/mol. The number of methoxy groups -OCH3 is 1. The van der Waals surface area contributed by atoms with E-state index in [4.69, 9.17) is 27.9 Å². The second kappa shape index (κ2) is 5.08. The van der Waals surface area contributed by atoms with Crippen LogP contribution in [0.1, 0.15) is 24.0 Å². The molecule has 7 heteroatoms. The number of benzene rings is 1. The second-order valence-electron chi connectivity index (χ2n) is 5.80. The summed E-state index contributed by atoms with van der Waals surface area (Å²) in [5, 5.41) is 0.335. The molecule has 0 radical (unpaired) electrons. The number of carbonyl (C=O) groups excluding carboxylic acids is 1. The summed E-state index contributed by atoms with van der Waals surface area (Å²) in [7, 11) is 1.62. The highest BCUT2D eigenvalue weighted by Crippen LogP contribution is 2.58. The van der Waals surface area contributed by atoms with E-state index >= 15 is 0 Å². The zero-order valence-corrected chi connectivity index (χ0v) is 13.9. The maximum Gasteiger partial charge on any atom is 0.239 e. The monoisotopic (exact) mass is 349 g/mol. The van der Waals surface area contributed by atoms with Crippen molar-refractivity contribution in [1.29, 1.82) is 0 Å². The molecule has 1 saturated carbocycles. The molecule has 0 saturated heterocycles. The molecule has 0 unspecified atom stereocenters. The molecule has 1 amide bonds. The third-order valence-electron chi connectivity index (χ3n) is 4.46. The maximum absolute atomic E-state index is 12.9. The van der Waals surface area contributed by atoms with Crippen molar-refractivity contribution in [2.45, 2.75) is 24.8 Å². The van der Waals surface area contributed by atoms with Crippen LogP contribution in [0.15, 0.2) is 24.3 Å². The lowest BCUT2D eigenvalue weighted by atomic mass is 10.0. The maximum atomic E-state index is 12.9. The number of fused-ring (bicyclic) bond motifs is 2. The molecule has 1 spiro atoms. The van der Waals surface area contributed by atoms with Crippen molar-refractivity contribution in [3.63, 3.8) is 0 Å². The standard InChI is InChI=1S/C16H13Cl2N3O2/c1-23-10-4-2-9(3-5-10)8-21-13-11(12(17)19-15(18)20-13)16(6-7-16)14(21)22/h2-5H,6-8H2,1H3. The first-order chi connectivity index (χ1) is 11.0. The van der Waals surface area contributed by atoms with Gasteiger partial charge in [-0.1, -0.05) is 23.7 Å². The lowest BCUT2D eigenvalue weighted by molar-refractivity contribution is -0.120. The quantitative estimate of drug-likeness (QED) is 0.629. The van der Waals surface area contributed by atoms with Crippen LogP contribution in [0.25, 0.3) is 0 Å². The molecule has 4 rings (SSSR count). The summed E-state index contributed by atoms with van der Waals surface area (Å²) in [6.07, 6.45) is 1.56. The Bertz CT molecular complexity index is 804. The van der Waals surface area contributed by atoms with Crippen LogP contribution < -0.4 is 9.64 Å². The molecule has 1 aliphatic heterocycles. The Morgan fingerprint density at radius 2 is 1.91 bits per heavy atom. The number of ether oxygens (including phenoxy) is 1. The van der Waals surface area contributed by atoms with Gasteiger partial charge in [-0.3, -0.25) is 9.69 Å². The fourth-order valence-electron chi connectivity index (χ4n) is 3.11. The van der Waals surface area contributed by atoms with Crippen LogP contribution in [0.3, 0.4) is 0 Å². The highest BCUT2D eigenvalue weighted by atomic mass is 35.5. The van der Waals surface area contributed by atoms with Crippen molar-refractivity contribution >= 4 is 34.9 Å². The van der Waals surface area contributed by atoms with Crippen molar-refractivity contribution in [3.8, 4) is 5.75 Å². The molecule has 1 aromatic carbocycles. The van der Waals surface area contributed by atoms with E-state index < -0.39 is 5.41 Å². The van der Waals surface area contributed by atoms with Crippen molar-refractivity contribution in [2.24, 2.45) is 0 Å². The van der Waals surface area contributed by atoms with Gasteiger partial charge in [0.05, 0.1) is 19.1 Å². The second-order valence-corrected chi connectivity index (χ2v) is 6.50. The van der Waals surface area contributed by atoms with Gasteiger partial charge in [-0.25, -0.2) is 4.98 Å². The molecule has 0 atom stereocenters. The van der Waals surface area contributed by atoms with Gasteiger partial charge in [-0.2, -0.15) is 4.98 Å². The molecule has 1 aliphatic carbocycles. The first-order valence-corrected chi connectivity index (χ1v) is 7.99. The lowest BCUT2D eigenvalue weighted by Crippen LogP contribution is -2.31. The summed E-state index contributed by atoms with van der Waals surface area (Å²) in [6, 6.07) is 7.58. The van der Waals surface area contributed by atoms with Crippen LogP contribution >= 0.6 is 23.2 Å². The molecule has 1 aromatic heterocycles. The molecule has 0 bridgehead atoms. The van der Waals surface area contributed by atoms with Crippen molar-refractivity contribution in [3.05, 3.63) is 45.8 Å². The van der Waals surface area contributed by atoms with Gasteiger partial charge in [0.15, 0.2) is 0 Å². The van der Waals surface area contributed by atoms with E-state index in [-0.39, 0.29) is 16.3 Å². The van der Waals surface area contributed by atoms with Crippen LogP contribution in [-0.4, -0.2) is 23.0 Å². The molecule has 2 aromatic rings. The minimum atomic E-state index is -0.538. The summed E-state index contributed by atoms with van der Waals surface area (Å²) in [5.41, 5.74) is 1.17. The summed E-state index contributed by atoms with van der Waals surface area (Å²) < 4.78 is 5.16. The molecule has 2 heterocycles. The molecular weight excluding hydrogens is 337 g/mol. The van der Waals surface area contributed by atoms with Crippen LogP contribution in [0, 0.1) is 0 Å². The lowest BCUT2D eigenvalue weighted by Gasteiger charge is -2.17. The Labute approximate surface area is 143 Å². The largest absolute Gasteiger partial charge is 0.497 e. The third-order valence-corrected chi connectivity index (χ3v) is 4.90. The zero-order valence-electron chi connectivity index (χ0n) is 12.3. The van der Waals surface area contributed by atoms with E-state index in [9.17, 15) is 4.79 Å². The van der Waals surface area contributed by atoms with Crippen LogP contribution in [0.4, 0.5) is 5.82 Å². The molecule has 2 aliphatic rings. The van der Waals surface area contributed by atoms with Gasteiger partial charge in [0.1, 0.15) is 16.7 Å². The van der Waals surface area contributed by atoms with Gasteiger partial charge in [0, 0.05) is 5.56 Å². The van der Waals surface area contributed by atoms with E-state index in [0.29, 0.717) is 12.4 Å². The third kappa shape index (κ3) is 2.18. The Kier molecular flexibility index (Phi) is 3.25. The summed E-state index contributed by atoms with van der Waals surface area (Å²) >= 11 is 12.2. The van der Waals surface area contributed by atoms with Gasteiger partial charge in [0.25, 0.3) is 0 Å². The topological polar surface area (TPSA) is 55.3 Å². The smallest absolute Gasteiger partial charge is 0.239 e. The normalized spacial score (nSPS) is 17.5. The Balaban J connectivity index is 1.74. The zero-order chi connectivity index (χ0) is 16.2. The SMILES string of the molecule is COc1ccc(CN2C(=O)C3(CC3)c3c(Cl)nc(Cl)nc32)cc1. The number of carbonyl (C=O) groups is 1. The summed E-state index contributed by atoms with van der Waals surface area (Å²) in [5.74, 6) is 1.34. The molecule has 5 nitrogen and oxygen atoms in total. The Hall–Kier alpha value is -1.85. The molecule has 0 N–H and O–H groups in total. The average molecular weight is 350 g/mol. The van der Waals surface area contributed by atoms with Gasteiger partial charge < -0.3 is 4.74 Å². The minimum Gasteiger partial charge on any atom is -0.497 e. The van der Waals surface area contributed by atoms with E-state index in [0.717, 1.165) is 29.7 Å². The number of rotatable bonds is 3. The number of hydrogen-bond acceptors (Lipinski definition) is 4. The van der Waals surface area contributed by atoms with Gasteiger partial charge in [-0.05, 0) is 42.1 Å². The van der Waals surface area contributed by atoms with Crippen LogP contribution in [0.5, 0.6) is 5.75 Å². The average Bonchev–Trinajstić information content (AvgIpc) is 3.29. The Morgan fingerprint density at radius 1 is 1.22 bits per heavy atom. The first kappa shape index (κ1) is 14.7. The fraction of sp³-hybridized carbons (Fsp3) is 0.312. The highest BCUT2D eigenvalue weighted by molar-refractivity contribution is 6.34. The van der Waals surface area contributed by atoms with E-state index in [1.165, 1.54) is 0 Å². The summed E-state index contributed by atoms with van der Waals surface area (Å²) in [6.45, 7) is 0.418. The van der Waals surface area contributed by atoms with Crippen LogP contribution in [-0.2, 0) is 16.8 Å². The van der Waals surface area contributed by atoms with Crippen molar-refractivity contribution in [2.75, 3.05) is 12.0 Å². The number of hydrogen-bond donors (Lipinski definition) is 0. The van der Waals surface area contributed by atoms with E-state index in [1.54, 1.807) is 12.0 Å². The van der Waals surface area contributed by atoms with Gasteiger partial charge in [0.2, 0.25) is 11.2 Å². The molecular formula is C16H13Cl2N3O2. The van der Waals surface area contributed by atoms with Crippen molar-refractivity contribution in [1.82, 2.24) is 9.97 Å². The fourth-order valence-corrected chi connectivity index (χ4v) is 3.67. The van der Waals surface area contributed by atoms with Gasteiger partial charge in [-0.15, -0.1) is 0 Å². The molecule has 23 heavy (non-hydrogen) atoms. The number of halogens is 2.